The molecular weight excluding hydrogens is 274 g/mol. The number of hydrogen-bond acceptors (Lipinski definition) is 6. The largest absolute Gasteiger partial charge is 0.397 e. The highest BCUT2D eigenvalue weighted by atomic mass is 32.2. The van der Waals surface area contributed by atoms with Gasteiger partial charge in [0.25, 0.3) is 5.91 Å². The van der Waals surface area contributed by atoms with E-state index in [4.69, 9.17) is 5.73 Å². The van der Waals surface area contributed by atoms with Crippen molar-refractivity contribution in [1.82, 2.24) is 5.32 Å². The summed E-state index contributed by atoms with van der Waals surface area (Å²) in [4.78, 5) is 14.0. The number of nitrogen functional groups attached to an aromatic ring is 1. The molecule has 8 heteroatoms. The first-order chi connectivity index (χ1) is 8.43. The molecule has 0 saturated carbocycles. The molecule has 0 aromatic carbocycles. The first-order valence-corrected chi connectivity index (χ1v) is 8.13. The number of carbonyl (C=O) groups excluding carboxylic acids is 1. The third-order valence-corrected chi connectivity index (χ3v) is 5.66. The average Bonchev–Trinajstić information content (AvgIpc) is 2.70. The molecular formula is C10H15N3O3S2. The first kappa shape index (κ1) is 13.2. The lowest BCUT2D eigenvalue weighted by molar-refractivity contribution is 0.0968. The zero-order valence-corrected chi connectivity index (χ0v) is 11.6. The number of hydrogen-bond donors (Lipinski definition) is 2. The summed E-state index contributed by atoms with van der Waals surface area (Å²) in [7, 11) is -1.35. The van der Waals surface area contributed by atoms with Gasteiger partial charge in [0.15, 0.2) is 9.84 Å². The topological polar surface area (TPSA) is 92.5 Å². The van der Waals surface area contributed by atoms with Gasteiger partial charge in [-0.1, -0.05) is 0 Å². The van der Waals surface area contributed by atoms with Crippen LogP contribution in [0.25, 0.3) is 0 Å². The normalized spacial score (nSPS) is 18.6. The van der Waals surface area contributed by atoms with E-state index in [0.717, 1.165) is 5.00 Å². The van der Waals surface area contributed by atoms with E-state index in [1.165, 1.54) is 11.3 Å². The molecule has 0 aliphatic carbocycles. The van der Waals surface area contributed by atoms with E-state index in [1.54, 1.807) is 13.1 Å². The number of thiophene rings is 1. The van der Waals surface area contributed by atoms with Crippen molar-refractivity contribution in [1.29, 1.82) is 0 Å². The number of sulfone groups is 1. The second-order valence-corrected chi connectivity index (χ2v) is 7.42. The molecule has 2 rings (SSSR count). The third kappa shape index (κ3) is 2.59. The van der Waals surface area contributed by atoms with Gasteiger partial charge >= 0.3 is 0 Å². The van der Waals surface area contributed by atoms with Gasteiger partial charge in [-0.3, -0.25) is 4.79 Å². The molecule has 2 heterocycles. The maximum atomic E-state index is 11.5. The Labute approximate surface area is 110 Å². The van der Waals surface area contributed by atoms with E-state index in [1.807, 2.05) is 4.90 Å². The molecule has 0 radical (unpaired) electrons. The molecule has 0 unspecified atom stereocenters. The molecule has 6 nitrogen and oxygen atoms in total. The molecule has 100 valence electrons. The smallest absolute Gasteiger partial charge is 0.263 e. The number of nitrogens with one attached hydrogen (secondary N) is 1. The van der Waals surface area contributed by atoms with Crippen molar-refractivity contribution in [2.45, 2.75) is 0 Å². The zero-order valence-electron chi connectivity index (χ0n) is 9.97. The molecule has 18 heavy (non-hydrogen) atoms. The fourth-order valence-corrected chi connectivity index (χ4v) is 4.05. The van der Waals surface area contributed by atoms with Crippen LogP contribution < -0.4 is 16.0 Å². The minimum absolute atomic E-state index is 0.153. The van der Waals surface area contributed by atoms with E-state index in [2.05, 4.69) is 5.32 Å². The van der Waals surface area contributed by atoms with E-state index in [-0.39, 0.29) is 17.4 Å². The van der Waals surface area contributed by atoms with Crippen molar-refractivity contribution in [3.8, 4) is 0 Å². The molecule has 1 aliphatic rings. The Morgan fingerprint density at radius 3 is 2.61 bits per heavy atom. The highest BCUT2D eigenvalue weighted by Crippen LogP contribution is 2.32. The Morgan fingerprint density at radius 2 is 2.06 bits per heavy atom. The molecule has 0 bridgehead atoms. The minimum Gasteiger partial charge on any atom is -0.397 e. The molecule has 1 fully saturated rings. The van der Waals surface area contributed by atoms with Gasteiger partial charge in [0.2, 0.25) is 0 Å². The summed E-state index contributed by atoms with van der Waals surface area (Å²) in [5.41, 5.74) is 6.22. The average molecular weight is 289 g/mol. The standard InChI is InChI=1S/C10H15N3O3S2/c1-12-10(14)9-7(11)6-8(17-9)13-2-4-18(15,16)5-3-13/h6H,2-5,11H2,1H3,(H,12,14). The van der Waals surface area contributed by atoms with E-state index in [9.17, 15) is 13.2 Å². The summed E-state index contributed by atoms with van der Waals surface area (Å²) < 4.78 is 22.7. The van der Waals surface area contributed by atoms with Crippen LogP contribution >= 0.6 is 11.3 Å². The number of nitrogens with zero attached hydrogens (tertiary/aromatic N) is 1. The van der Waals surface area contributed by atoms with E-state index >= 15 is 0 Å². The van der Waals surface area contributed by atoms with Crippen LogP contribution in [0.5, 0.6) is 0 Å². The summed E-state index contributed by atoms with van der Waals surface area (Å²) in [5, 5.41) is 3.38. The van der Waals surface area contributed by atoms with Gasteiger partial charge < -0.3 is 16.0 Å². The predicted molar refractivity (Wildman–Crippen MR) is 73.0 cm³/mol. The molecule has 0 atom stereocenters. The fourth-order valence-electron chi connectivity index (χ4n) is 1.77. The van der Waals surface area contributed by atoms with E-state index in [0.29, 0.717) is 23.7 Å². The maximum Gasteiger partial charge on any atom is 0.263 e. The Hall–Kier alpha value is -1.28. The number of nitrogens with two attached hydrogens (primary N) is 1. The monoisotopic (exact) mass is 289 g/mol. The molecule has 1 amide bonds. The lowest BCUT2D eigenvalue weighted by Crippen LogP contribution is -2.39. The lowest BCUT2D eigenvalue weighted by atomic mass is 10.3. The fraction of sp³-hybridized carbons (Fsp3) is 0.500. The van der Waals surface area contributed by atoms with Gasteiger partial charge in [-0.2, -0.15) is 0 Å². The molecule has 1 saturated heterocycles. The summed E-state index contributed by atoms with van der Waals surface area (Å²) in [6, 6.07) is 1.73. The highest BCUT2D eigenvalue weighted by Gasteiger charge is 2.24. The summed E-state index contributed by atoms with van der Waals surface area (Å²) in [6.45, 7) is 0.908. The number of carbonyl (C=O) groups is 1. The van der Waals surface area contributed by atoms with Gasteiger partial charge in [-0.05, 0) is 6.07 Å². The van der Waals surface area contributed by atoms with Gasteiger partial charge in [0, 0.05) is 20.1 Å². The van der Waals surface area contributed by atoms with Crippen LogP contribution in [0.4, 0.5) is 10.7 Å². The molecule has 1 aliphatic heterocycles. The van der Waals surface area contributed by atoms with Crippen LogP contribution in [0.1, 0.15) is 9.67 Å². The van der Waals surface area contributed by atoms with Crippen LogP contribution in [0, 0.1) is 0 Å². The van der Waals surface area contributed by atoms with Crippen LogP contribution in [-0.2, 0) is 9.84 Å². The Bertz CT molecular complexity index is 551. The van der Waals surface area contributed by atoms with Crippen molar-refractivity contribution in [3.63, 3.8) is 0 Å². The summed E-state index contributed by atoms with van der Waals surface area (Å²) >= 11 is 1.29. The Morgan fingerprint density at radius 1 is 1.44 bits per heavy atom. The molecule has 3 N–H and O–H groups in total. The minimum atomic E-state index is -2.90. The van der Waals surface area contributed by atoms with Gasteiger partial charge in [0.05, 0.1) is 22.2 Å². The molecule has 0 spiro atoms. The van der Waals surface area contributed by atoms with Crippen LogP contribution in [0.15, 0.2) is 6.07 Å². The van der Waals surface area contributed by atoms with Crippen LogP contribution in [0.3, 0.4) is 0 Å². The van der Waals surface area contributed by atoms with Gasteiger partial charge in [-0.15, -0.1) is 11.3 Å². The Balaban J connectivity index is 2.18. The van der Waals surface area contributed by atoms with Gasteiger partial charge in [0.1, 0.15) is 4.88 Å². The molecule has 1 aromatic heterocycles. The summed E-state index contributed by atoms with van der Waals surface area (Å²) in [6.07, 6.45) is 0. The zero-order chi connectivity index (χ0) is 13.3. The maximum absolute atomic E-state index is 11.5. The highest BCUT2D eigenvalue weighted by molar-refractivity contribution is 7.91. The van der Waals surface area contributed by atoms with Crippen LogP contribution in [-0.4, -0.2) is 46.0 Å². The third-order valence-electron chi connectivity index (χ3n) is 2.84. The first-order valence-electron chi connectivity index (χ1n) is 5.50. The van der Waals surface area contributed by atoms with Crippen molar-refractivity contribution in [2.75, 3.05) is 42.3 Å². The van der Waals surface area contributed by atoms with Crippen molar-refractivity contribution >= 4 is 37.8 Å². The Kier molecular flexibility index (Phi) is 3.49. The van der Waals surface area contributed by atoms with Crippen molar-refractivity contribution in [3.05, 3.63) is 10.9 Å². The number of rotatable bonds is 2. The number of amides is 1. The second-order valence-electron chi connectivity index (χ2n) is 4.09. The second kappa shape index (κ2) is 4.77. The van der Waals surface area contributed by atoms with Crippen molar-refractivity contribution < 1.29 is 13.2 Å². The van der Waals surface area contributed by atoms with E-state index < -0.39 is 9.84 Å². The SMILES string of the molecule is CNC(=O)c1sc(N2CCS(=O)(=O)CC2)cc1N. The summed E-state index contributed by atoms with van der Waals surface area (Å²) in [5.74, 6) is 0.0913. The molecule has 1 aromatic rings. The number of anilines is 2. The lowest BCUT2D eigenvalue weighted by Gasteiger charge is -2.27. The van der Waals surface area contributed by atoms with Crippen LogP contribution in [0.2, 0.25) is 0 Å². The predicted octanol–water partition coefficient (Wildman–Crippen LogP) is -0.0753. The van der Waals surface area contributed by atoms with Crippen molar-refractivity contribution in [2.24, 2.45) is 0 Å². The van der Waals surface area contributed by atoms with Gasteiger partial charge in [-0.25, -0.2) is 8.42 Å². The quantitative estimate of drug-likeness (QED) is 0.795.